The standard InChI is InChI=1S/C18H27NO/c1-2-14-20-18-11-7-6-10-17(18)15-19-13-12-16-8-4-3-5-9-16/h6-8,10-11,19H,2-5,9,12-15H2,1H3. The summed E-state index contributed by atoms with van der Waals surface area (Å²) in [7, 11) is 0. The van der Waals surface area contributed by atoms with Gasteiger partial charge in [-0.1, -0.05) is 36.8 Å². The normalized spacial score (nSPS) is 14.9. The summed E-state index contributed by atoms with van der Waals surface area (Å²) in [6.45, 7) is 4.89. The molecule has 0 unspecified atom stereocenters. The van der Waals surface area contributed by atoms with Crippen LogP contribution in [0.25, 0.3) is 0 Å². The topological polar surface area (TPSA) is 21.3 Å². The van der Waals surface area contributed by atoms with Gasteiger partial charge in [-0.25, -0.2) is 0 Å². The van der Waals surface area contributed by atoms with Gasteiger partial charge in [0.25, 0.3) is 0 Å². The van der Waals surface area contributed by atoms with Gasteiger partial charge in [-0.3, -0.25) is 0 Å². The Labute approximate surface area is 123 Å². The maximum absolute atomic E-state index is 5.78. The molecule has 1 aromatic carbocycles. The van der Waals surface area contributed by atoms with Gasteiger partial charge in [0.05, 0.1) is 6.61 Å². The van der Waals surface area contributed by atoms with Gasteiger partial charge in [-0.15, -0.1) is 0 Å². The van der Waals surface area contributed by atoms with E-state index < -0.39 is 0 Å². The summed E-state index contributed by atoms with van der Waals surface area (Å²) < 4.78 is 5.78. The largest absolute Gasteiger partial charge is 0.493 e. The van der Waals surface area contributed by atoms with Crippen molar-refractivity contribution in [2.45, 2.75) is 52.0 Å². The zero-order valence-corrected chi connectivity index (χ0v) is 12.7. The van der Waals surface area contributed by atoms with Gasteiger partial charge >= 0.3 is 0 Å². The van der Waals surface area contributed by atoms with Crippen molar-refractivity contribution in [1.82, 2.24) is 5.32 Å². The summed E-state index contributed by atoms with van der Waals surface area (Å²) in [5.41, 5.74) is 2.90. The summed E-state index contributed by atoms with van der Waals surface area (Å²) in [6, 6.07) is 8.34. The Morgan fingerprint density at radius 2 is 2.10 bits per heavy atom. The van der Waals surface area contributed by atoms with Crippen LogP contribution in [0, 0.1) is 0 Å². The molecule has 2 rings (SSSR count). The van der Waals surface area contributed by atoms with Crippen molar-refractivity contribution >= 4 is 0 Å². The van der Waals surface area contributed by atoms with E-state index in [2.05, 4.69) is 36.5 Å². The first kappa shape index (κ1) is 15.1. The number of ether oxygens (including phenoxy) is 1. The van der Waals surface area contributed by atoms with E-state index >= 15 is 0 Å². The number of rotatable bonds is 8. The Balaban J connectivity index is 1.74. The fourth-order valence-corrected chi connectivity index (χ4v) is 2.61. The lowest BCUT2D eigenvalue weighted by Gasteiger charge is -2.14. The molecule has 0 aromatic heterocycles. The third-order valence-electron chi connectivity index (χ3n) is 3.76. The summed E-state index contributed by atoms with van der Waals surface area (Å²) in [5.74, 6) is 1.03. The molecule has 2 nitrogen and oxygen atoms in total. The second-order valence-corrected chi connectivity index (χ2v) is 5.49. The molecule has 0 fully saturated rings. The number of para-hydroxylation sites is 1. The third kappa shape index (κ3) is 5.01. The Morgan fingerprint density at radius 1 is 1.20 bits per heavy atom. The lowest BCUT2D eigenvalue weighted by atomic mass is 9.97. The molecular formula is C18H27NO. The highest BCUT2D eigenvalue weighted by Gasteiger charge is 2.04. The predicted molar refractivity (Wildman–Crippen MR) is 85.1 cm³/mol. The number of allylic oxidation sites excluding steroid dienone is 1. The van der Waals surface area contributed by atoms with Gasteiger partial charge < -0.3 is 10.1 Å². The maximum atomic E-state index is 5.78. The zero-order valence-electron chi connectivity index (χ0n) is 12.7. The first-order valence-corrected chi connectivity index (χ1v) is 7.99. The van der Waals surface area contributed by atoms with Crippen molar-refractivity contribution in [2.75, 3.05) is 13.2 Å². The quantitative estimate of drug-likeness (QED) is 0.558. The second kappa shape index (κ2) is 8.80. The van der Waals surface area contributed by atoms with E-state index in [1.807, 2.05) is 6.07 Å². The van der Waals surface area contributed by atoms with Crippen LogP contribution in [-0.2, 0) is 6.54 Å². The van der Waals surface area contributed by atoms with E-state index in [1.54, 1.807) is 5.57 Å². The molecule has 0 amide bonds. The highest BCUT2D eigenvalue weighted by Crippen LogP contribution is 2.20. The first-order valence-electron chi connectivity index (χ1n) is 7.99. The van der Waals surface area contributed by atoms with E-state index in [0.717, 1.165) is 31.9 Å². The molecule has 0 saturated heterocycles. The molecule has 20 heavy (non-hydrogen) atoms. The number of nitrogens with one attached hydrogen (secondary N) is 1. The molecular weight excluding hydrogens is 246 g/mol. The van der Waals surface area contributed by atoms with Crippen LogP contribution >= 0.6 is 0 Å². The smallest absolute Gasteiger partial charge is 0.123 e. The molecule has 1 aliphatic carbocycles. The van der Waals surface area contributed by atoms with Crippen LogP contribution in [0.3, 0.4) is 0 Å². The van der Waals surface area contributed by atoms with Crippen LogP contribution < -0.4 is 10.1 Å². The lowest BCUT2D eigenvalue weighted by Crippen LogP contribution is -2.16. The first-order chi connectivity index (χ1) is 9.90. The molecule has 0 bridgehead atoms. The fraction of sp³-hybridized carbons (Fsp3) is 0.556. The Bertz CT molecular complexity index is 425. The number of hydrogen-bond donors (Lipinski definition) is 1. The van der Waals surface area contributed by atoms with Gasteiger partial charge in [0.1, 0.15) is 5.75 Å². The molecule has 0 spiro atoms. The summed E-state index contributed by atoms with van der Waals surface area (Å²) in [5, 5.41) is 3.54. The SMILES string of the molecule is CCCOc1ccccc1CNCCC1=CCCCC1. The van der Waals surface area contributed by atoms with Crippen LogP contribution in [0.15, 0.2) is 35.9 Å². The van der Waals surface area contributed by atoms with E-state index in [-0.39, 0.29) is 0 Å². The van der Waals surface area contributed by atoms with E-state index in [9.17, 15) is 0 Å². The van der Waals surface area contributed by atoms with Crippen molar-refractivity contribution in [2.24, 2.45) is 0 Å². The van der Waals surface area contributed by atoms with E-state index in [4.69, 9.17) is 4.74 Å². The molecule has 110 valence electrons. The van der Waals surface area contributed by atoms with Gasteiger partial charge in [-0.2, -0.15) is 0 Å². The second-order valence-electron chi connectivity index (χ2n) is 5.49. The summed E-state index contributed by atoms with van der Waals surface area (Å²) >= 11 is 0. The van der Waals surface area contributed by atoms with Gasteiger partial charge in [0, 0.05) is 12.1 Å². The van der Waals surface area contributed by atoms with Gasteiger partial charge in [0.15, 0.2) is 0 Å². The van der Waals surface area contributed by atoms with Crippen LogP contribution in [-0.4, -0.2) is 13.2 Å². The average Bonchev–Trinajstić information content (AvgIpc) is 2.51. The average molecular weight is 273 g/mol. The van der Waals surface area contributed by atoms with Crippen molar-refractivity contribution in [3.05, 3.63) is 41.5 Å². The van der Waals surface area contributed by atoms with Crippen LogP contribution in [0.2, 0.25) is 0 Å². The molecule has 0 aliphatic heterocycles. The molecule has 1 N–H and O–H groups in total. The van der Waals surface area contributed by atoms with Crippen LogP contribution in [0.1, 0.15) is 51.0 Å². The van der Waals surface area contributed by atoms with Crippen molar-refractivity contribution in [3.63, 3.8) is 0 Å². The monoisotopic (exact) mass is 273 g/mol. The maximum Gasteiger partial charge on any atom is 0.123 e. The minimum atomic E-state index is 0.796. The number of hydrogen-bond acceptors (Lipinski definition) is 2. The van der Waals surface area contributed by atoms with Gasteiger partial charge in [0.2, 0.25) is 0 Å². The van der Waals surface area contributed by atoms with Crippen LogP contribution in [0.4, 0.5) is 0 Å². The molecule has 1 aliphatic rings. The summed E-state index contributed by atoms with van der Waals surface area (Å²) in [4.78, 5) is 0. The van der Waals surface area contributed by atoms with Crippen molar-refractivity contribution in [3.8, 4) is 5.75 Å². The van der Waals surface area contributed by atoms with E-state index in [0.29, 0.717) is 0 Å². The zero-order chi connectivity index (χ0) is 14.0. The van der Waals surface area contributed by atoms with Crippen molar-refractivity contribution in [1.29, 1.82) is 0 Å². The van der Waals surface area contributed by atoms with Crippen molar-refractivity contribution < 1.29 is 4.74 Å². The molecule has 0 heterocycles. The van der Waals surface area contributed by atoms with Crippen LogP contribution in [0.5, 0.6) is 5.75 Å². The Kier molecular flexibility index (Phi) is 6.65. The molecule has 0 atom stereocenters. The third-order valence-corrected chi connectivity index (χ3v) is 3.76. The van der Waals surface area contributed by atoms with Gasteiger partial charge in [-0.05, 0) is 51.1 Å². The molecule has 0 radical (unpaired) electrons. The van der Waals surface area contributed by atoms with E-state index in [1.165, 1.54) is 37.7 Å². The Morgan fingerprint density at radius 3 is 2.90 bits per heavy atom. The lowest BCUT2D eigenvalue weighted by molar-refractivity contribution is 0.313. The highest BCUT2D eigenvalue weighted by atomic mass is 16.5. The summed E-state index contributed by atoms with van der Waals surface area (Å²) in [6.07, 6.45) is 10.0. The fourth-order valence-electron chi connectivity index (χ4n) is 2.61. The molecule has 2 heteroatoms. The highest BCUT2D eigenvalue weighted by molar-refractivity contribution is 5.33. The molecule has 1 aromatic rings. The number of benzene rings is 1. The molecule has 0 saturated carbocycles. The minimum Gasteiger partial charge on any atom is -0.493 e. The Hall–Kier alpha value is -1.28. The predicted octanol–water partition coefficient (Wildman–Crippen LogP) is 4.46. The minimum absolute atomic E-state index is 0.796.